The average molecular weight is 797 g/mol. The minimum absolute atomic E-state index is 0.0368. The zero-order valence-corrected chi connectivity index (χ0v) is 35.2. The molecule has 0 saturated carbocycles. The summed E-state index contributed by atoms with van der Waals surface area (Å²) in [5.41, 5.74) is 0. The lowest BCUT2D eigenvalue weighted by molar-refractivity contribution is -0.124. The van der Waals surface area contributed by atoms with E-state index in [1.54, 1.807) is 26.0 Å². The van der Waals surface area contributed by atoms with Crippen LogP contribution in [0.2, 0.25) is 0 Å². The van der Waals surface area contributed by atoms with Crippen molar-refractivity contribution >= 4 is 43.6 Å². The highest BCUT2D eigenvalue weighted by Gasteiger charge is 2.20. The summed E-state index contributed by atoms with van der Waals surface area (Å²) in [6.45, 7) is 21.8. The van der Waals surface area contributed by atoms with Gasteiger partial charge in [-0.3, -0.25) is 28.3 Å². The van der Waals surface area contributed by atoms with Crippen molar-refractivity contribution in [1.29, 1.82) is 0 Å². The molecule has 0 aliphatic heterocycles. The van der Waals surface area contributed by atoms with Crippen LogP contribution < -0.4 is 21.3 Å². The molecule has 0 spiro atoms. The Morgan fingerprint density at radius 1 is 0.623 bits per heavy atom. The molecule has 0 heterocycles. The van der Waals surface area contributed by atoms with Crippen molar-refractivity contribution in [1.82, 2.24) is 21.3 Å². The minimum atomic E-state index is -4.06. The van der Waals surface area contributed by atoms with Gasteiger partial charge < -0.3 is 21.3 Å². The van der Waals surface area contributed by atoms with Crippen LogP contribution in [0.3, 0.4) is 0 Å². The van der Waals surface area contributed by atoms with Crippen LogP contribution in [0.15, 0.2) is 24.8 Å². The van der Waals surface area contributed by atoms with Crippen LogP contribution in [0.5, 0.6) is 0 Å². The zero-order chi connectivity index (χ0) is 41.5. The zero-order valence-electron chi connectivity index (χ0n) is 33.6. The summed E-state index contributed by atoms with van der Waals surface area (Å²) in [4.78, 5) is 46.7. The van der Waals surface area contributed by atoms with E-state index >= 15 is 0 Å². The molecule has 14 nitrogen and oxygen atoms in total. The van der Waals surface area contributed by atoms with Crippen LogP contribution in [-0.4, -0.2) is 99.1 Å². The first kappa shape index (κ1) is 54.8. The highest BCUT2D eigenvalue weighted by molar-refractivity contribution is 7.86. The molecule has 0 aliphatic rings. The highest BCUT2D eigenvalue weighted by Crippen LogP contribution is 2.19. The molecule has 2 amide bonds. The first-order chi connectivity index (χ1) is 24.5. The van der Waals surface area contributed by atoms with Crippen LogP contribution in [0.4, 0.5) is 0 Å². The molecular weight excluding hydrogens is 725 g/mol. The Morgan fingerprint density at radius 3 is 1.60 bits per heavy atom. The predicted octanol–water partition coefficient (Wildman–Crippen LogP) is 4.67. The second kappa shape index (κ2) is 32.9. The summed E-state index contributed by atoms with van der Waals surface area (Å²) < 4.78 is 58.0. The van der Waals surface area contributed by atoms with Gasteiger partial charge in [-0.15, -0.1) is 6.58 Å². The second-order valence-electron chi connectivity index (χ2n) is 14.2. The Kier molecular flexibility index (Phi) is 34.0. The molecule has 1 atom stereocenters. The number of ketones is 2. The Bertz CT molecular complexity index is 1270. The fourth-order valence-corrected chi connectivity index (χ4v) is 5.17. The number of hydrogen-bond donors (Lipinski definition) is 6. The quantitative estimate of drug-likeness (QED) is 0.0361. The first-order valence-corrected chi connectivity index (χ1v) is 21.9. The molecule has 0 rings (SSSR count). The monoisotopic (exact) mass is 796 g/mol. The molecule has 0 bridgehead atoms. The smallest absolute Gasteiger partial charge is 0.268 e. The normalized spacial score (nSPS) is 12.3. The molecule has 0 aromatic rings. The SMILES string of the molecule is C=CCS(=O)(=O)O.CC(C)NCCCCCCNC(=O)C/C=C/CC(=O)C(C)C.CC(C)NCCNC(=O)CCC(CCS(=O)(=O)O)CC(=O)C(C)C. The number of allylic oxidation sites excluding steroid dienone is 1. The second-order valence-corrected chi connectivity index (χ2v) is 17.2. The van der Waals surface area contributed by atoms with Gasteiger partial charge in [0.1, 0.15) is 11.6 Å². The van der Waals surface area contributed by atoms with E-state index in [9.17, 15) is 36.0 Å². The number of Topliss-reactive ketones (excluding diaryl/α,β-unsaturated/α-hetero) is 2. The topological polar surface area (TPSA) is 225 Å². The Labute approximate surface area is 321 Å². The van der Waals surface area contributed by atoms with Crippen LogP contribution in [0.25, 0.3) is 0 Å². The van der Waals surface area contributed by atoms with Gasteiger partial charge in [0.05, 0.1) is 11.5 Å². The minimum Gasteiger partial charge on any atom is -0.356 e. The fraction of sp³-hybridized carbons (Fsp3) is 0.784. The Morgan fingerprint density at radius 2 is 1.13 bits per heavy atom. The maximum absolute atomic E-state index is 11.9. The van der Waals surface area contributed by atoms with Gasteiger partial charge in [-0.2, -0.15) is 16.8 Å². The largest absolute Gasteiger partial charge is 0.356 e. The van der Waals surface area contributed by atoms with Gasteiger partial charge in [0.15, 0.2) is 0 Å². The van der Waals surface area contributed by atoms with E-state index in [1.807, 2.05) is 27.7 Å². The number of amides is 2. The van der Waals surface area contributed by atoms with E-state index in [2.05, 4.69) is 41.7 Å². The molecular formula is C37H72N4O10S2. The van der Waals surface area contributed by atoms with Gasteiger partial charge in [-0.25, -0.2) is 0 Å². The molecule has 312 valence electrons. The average Bonchev–Trinajstić information content (AvgIpc) is 3.03. The van der Waals surface area contributed by atoms with Gasteiger partial charge in [-0.1, -0.05) is 86.5 Å². The van der Waals surface area contributed by atoms with Crippen LogP contribution >= 0.6 is 0 Å². The van der Waals surface area contributed by atoms with Crippen molar-refractivity contribution in [3.63, 3.8) is 0 Å². The van der Waals surface area contributed by atoms with Crippen molar-refractivity contribution in [3.05, 3.63) is 24.8 Å². The molecule has 6 N–H and O–H groups in total. The number of rotatable bonds is 28. The van der Waals surface area contributed by atoms with Crippen molar-refractivity contribution in [3.8, 4) is 0 Å². The summed E-state index contributed by atoms with van der Waals surface area (Å²) >= 11 is 0. The van der Waals surface area contributed by atoms with Gasteiger partial charge in [0, 0.05) is 69.2 Å². The van der Waals surface area contributed by atoms with Gasteiger partial charge >= 0.3 is 0 Å². The van der Waals surface area contributed by atoms with Crippen LogP contribution in [0.1, 0.15) is 120 Å². The number of nitrogens with one attached hydrogen (secondary N) is 4. The lowest BCUT2D eigenvalue weighted by Crippen LogP contribution is -2.34. The lowest BCUT2D eigenvalue weighted by atomic mass is 9.91. The van der Waals surface area contributed by atoms with Gasteiger partial charge in [0.25, 0.3) is 20.2 Å². The van der Waals surface area contributed by atoms with Crippen molar-refractivity contribution in [2.75, 3.05) is 37.7 Å². The number of carbonyl (C=O) groups is 4. The summed E-state index contributed by atoms with van der Waals surface area (Å²) in [5, 5.41) is 12.3. The first-order valence-electron chi connectivity index (χ1n) is 18.7. The molecule has 0 aromatic carbocycles. The molecule has 0 aliphatic carbocycles. The van der Waals surface area contributed by atoms with E-state index in [0.717, 1.165) is 32.0 Å². The van der Waals surface area contributed by atoms with Crippen LogP contribution in [0, 0.1) is 17.8 Å². The third kappa shape index (κ3) is 45.6. The Hall–Kier alpha value is -2.50. The molecule has 0 saturated heterocycles. The third-order valence-corrected chi connectivity index (χ3v) is 8.85. The fourth-order valence-electron chi connectivity index (χ4n) is 4.24. The molecule has 0 radical (unpaired) electrons. The maximum Gasteiger partial charge on any atom is 0.268 e. The van der Waals surface area contributed by atoms with E-state index in [4.69, 9.17) is 9.11 Å². The summed E-state index contributed by atoms with van der Waals surface area (Å²) in [5.74, 6) is -0.870. The lowest BCUT2D eigenvalue weighted by Gasteiger charge is -2.17. The Balaban J connectivity index is -0.000000800. The van der Waals surface area contributed by atoms with Crippen LogP contribution in [-0.2, 0) is 39.4 Å². The van der Waals surface area contributed by atoms with Crippen molar-refractivity contribution < 1.29 is 45.1 Å². The van der Waals surface area contributed by atoms with Gasteiger partial charge in [0.2, 0.25) is 11.8 Å². The standard InChI is InChI=1S/C18H34N2O2.C16H32N2O5S.C3H6O3S/c1-15(2)17(21)11-7-8-12-18(22)20-14-10-6-5-9-13-19-16(3)4;1-12(2)15(19)11-14(7-10-24(21,22)23)5-6-16(20)18-9-8-17-13(3)4;1-2-3-7(4,5)6/h7-8,15-16,19H,5-6,9-14H2,1-4H3,(H,20,22);12-14,17H,5-11H2,1-4H3,(H,18,20)(H,21,22,23);2H,1,3H2,(H,4,5,6)/b8-7+;;. The summed E-state index contributed by atoms with van der Waals surface area (Å²) in [7, 11) is -7.85. The van der Waals surface area contributed by atoms with E-state index < -0.39 is 20.2 Å². The van der Waals surface area contributed by atoms with Gasteiger partial charge in [-0.05, 0) is 38.1 Å². The molecule has 0 fully saturated rings. The predicted molar refractivity (Wildman–Crippen MR) is 214 cm³/mol. The molecule has 16 heteroatoms. The van der Waals surface area contributed by atoms with E-state index in [-0.39, 0.29) is 71.9 Å². The third-order valence-electron chi connectivity index (χ3n) is 7.44. The van der Waals surface area contributed by atoms with E-state index in [1.165, 1.54) is 12.8 Å². The number of unbranched alkanes of at least 4 members (excludes halogenated alkanes) is 3. The number of carbonyl (C=O) groups excluding carboxylic acids is 4. The molecule has 1 unspecified atom stereocenters. The van der Waals surface area contributed by atoms with Crippen molar-refractivity contribution in [2.24, 2.45) is 17.8 Å². The summed E-state index contributed by atoms with van der Waals surface area (Å²) in [6.07, 6.45) is 11.1. The maximum atomic E-state index is 11.9. The molecule has 53 heavy (non-hydrogen) atoms. The van der Waals surface area contributed by atoms with Crippen molar-refractivity contribution in [2.45, 2.75) is 132 Å². The number of hydrogen-bond acceptors (Lipinski definition) is 10. The summed E-state index contributed by atoms with van der Waals surface area (Å²) in [6, 6.07) is 0.914. The highest BCUT2D eigenvalue weighted by atomic mass is 32.2. The molecule has 0 aromatic heterocycles. The van der Waals surface area contributed by atoms with E-state index in [0.29, 0.717) is 44.4 Å².